The molecule has 3 saturated heterocycles. The lowest BCUT2D eigenvalue weighted by Crippen LogP contribution is -2.47. The van der Waals surface area contributed by atoms with Crippen molar-refractivity contribution in [1.29, 1.82) is 0 Å². The molecule has 0 radical (unpaired) electrons. The van der Waals surface area contributed by atoms with E-state index in [1.54, 1.807) is 0 Å². The highest BCUT2D eigenvalue weighted by molar-refractivity contribution is 7.71. The van der Waals surface area contributed by atoms with Crippen molar-refractivity contribution in [3.63, 3.8) is 0 Å². The van der Waals surface area contributed by atoms with Gasteiger partial charge in [-0.15, -0.1) is 5.10 Å². The van der Waals surface area contributed by atoms with Crippen molar-refractivity contribution in [3.8, 4) is 0 Å². The summed E-state index contributed by atoms with van der Waals surface area (Å²) in [4.78, 5) is 7.44. The van der Waals surface area contributed by atoms with Crippen LogP contribution < -0.4 is 9.80 Å². The molecule has 5 rings (SSSR count). The molecule has 33 heavy (non-hydrogen) atoms. The number of anilines is 2. The van der Waals surface area contributed by atoms with Crippen LogP contribution in [-0.4, -0.2) is 71.2 Å². The van der Waals surface area contributed by atoms with Crippen LogP contribution in [0.2, 0.25) is 0 Å². The maximum absolute atomic E-state index is 5.96. The van der Waals surface area contributed by atoms with Crippen LogP contribution >= 0.6 is 12.2 Å². The Hall–Kier alpha value is -1.90. The van der Waals surface area contributed by atoms with Crippen molar-refractivity contribution >= 4 is 23.9 Å². The molecule has 1 unspecified atom stereocenters. The van der Waals surface area contributed by atoms with E-state index in [2.05, 4.69) is 56.0 Å². The van der Waals surface area contributed by atoms with E-state index >= 15 is 0 Å². The number of rotatable bonds is 6. The van der Waals surface area contributed by atoms with Crippen LogP contribution in [-0.2, 0) is 18.0 Å². The van der Waals surface area contributed by atoms with Gasteiger partial charge < -0.3 is 14.5 Å². The number of ether oxygens (including phenoxy) is 1. The maximum atomic E-state index is 5.96. The zero-order chi connectivity index (χ0) is 22.8. The molecule has 3 aliphatic rings. The Balaban J connectivity index is 1.29. The number of hydrogen-bond acceptors (Lipinski definition) is 6. The number of piperazine rings is 1. The lowest BCUT2D eigenvalue weighted by molar-refractivity contribution is 0.0965. The van der Waals surface area contributed by atoms with Gasteiger partial charge in [0, 0.05) is 51.6 Å². The Morgan fingerprint density at radius 3 is 2.48 bits per heavy atom. The molecule has 0 amide bonds. The van der Waals surface area contributed by atoms with Gasteiger partial charge in [-0.3, -0.25) is 9.47 Å². The van der Waals surface area contributed by atoms with Gasteiger partial charge in [-0.05, 0) is 75.4 Å². The van der Waals surface area contributed by atoms with E-state index in [4.69, 9.17) is 22.1 Å². The third kappa shape index (κ3) is 4.98. The predicted octanol–water partition coefficient (Wildman–Crippen LogP) is 3.98. The highest BCUT2D eigenvalue weighted by Gasteiger charge is 2.25. The first-order chi connectivity index (χ1) is 16.1. The van der Waals surface area contributed by atoms with Gasteiger partial charge in [0.1, 0.15) is 0 Å². The van der Waals surface area contributed by atoms with Gasteiger partial charge in [0.2, 0.25) is 10.7 Å². The Bertz CT molecular complexity index is 997. The Labute approximate surface area is 202 Å². The molecule has 0 aliphatic carbocycles. The zero-order valence-corrected chi connectivity index (χ0v) is 21.0. The molecule has 180 valence electrons. The van der Waals surface area contributed by atoms with E-state index in [1.165, 1.54) is 36.1 Å². The molecule has 4 heterocycles. The molecule has 8 heteroatoms. The fraction of sp³-hybridized carbons (Fsp3) is 0.680. The van der Waals surface area contributed by atoms with Crippen LogP contribution in [0.4, 0.5) is 11.6 Å². The quantitative estimate of drug-likeness (QED) is 0.595. The van der Waals surface area contributed by atoms with E-state index in [1.807, 2.05) is 0 Å². The Kier molecular flexibility index (Phi) is 7.04. The molecule has 7 nitrogen and oxygen atoms in total. The second-order valence-electron chi connectivity index (χ2n) is 9.84. The average molecular weight is 471 g/mol. The lowest BCUT2D eigenvalue weighted by atomic mass is 10.1. The van der Waals surface area contributed by atoms with E-state index in [0.29, 0.717) is 0 Å². The number of benzene rings is 1. The van der Waals surface area contributed by atoms with E-state index < -0.39 is 0 Å². The smallest absolute Gasteiger partial charge is 0.226 e. The van der Waals surface area contributed by atoms with Crippen molar-refractivity contribution in [2.24, 2.45) is 0 Å². The van der Waals surface area contributed by atoms with Crippen molar-refractivity contribution in [3.05, 3.63) is 34.1 Å². The van der Waals surface area contributed by atoms with Gasteiger partial charge in [-0.2, -0.15) is 0 Å². The predicted molar refractivity (Wildman–Crippen MR) is 136 cm³/mol. The number of piperidine rings is 1. The third-order valence-electron chi connectivity index (χ3n) is 7.58. The molecule has 0 bridgehead atoms. The molecule has 3 aliphatic heterocycles. The first-order valence-electron chi connectivity index (χ1n) is 12.7. The minimum Gasteiger partial charge on any atom is -0.376 e. The van der Waals surface area contributed by atoms with Crippen LogP contribution in [0.1, 0.15) is 43.2 Å². The highest BCUT2D eigenvalue weighted by atomic mass is 32.1. The molecular formula is C25H38N6OS. The molecule has 2 aromatic rings. The monoisotopic (exact) mass is 470 g/mol. The Morgan fingerprint density at radius 1 is 0.970 bits per heavy atom. The second kappa shape index (κ2) is 10.2. The summed E-state index contributed by atoms with van der Waals surface area (Å²) in [5.74, 6) is 1.05. The highest BCUT2D eigenvalue weighted by Crippen LogP contribution is 2.25. The third-order valence-corrected chi connectivity index (χ3v) is 8.01. The van der Waals surface area contributed by atoms with Gasteiger partial charge in [0.05, 0.1) is 19.3 Å². The minimum atomic E-state index is 0.263. The van der Waals surface area contributed by atoms with Gasteiger partial charge in [-0.1, -0.05) is 12.1 Å². The van der Waals surface area contributed by atoms with Crippen LogP contribution in [0.25, 0.3) is 0 Å². The summed E-state index contributed by atoms with van der Waals surface area (Å²) in [6, 6.07) is 6.63. The summed E-state index contributed by atoms with van der Waals surface area (Å²) < 4.78 is 11.1. The number of aryl methyl sites for hydroxylation is 1. The van der Waals surface area contributed by atoms with Crippen molar-refractivity contribution in [2.75, 3.05) is 55.7 Å². The van der Waals surface area contributed by atoms with Crippen LogP contribution in [0.15, 0.2) is 18.2 Å². The molecule has 1 aromatic carbocycles. The number of nitrogens with zero attached hydrogens (tertiary/aromatic N) is 6. The Morgan fingerprint density at radius 2 is 1.76 bits per heavy atom. The number of aromatic nitrogens is 3. The van der Waals surface area contributed by atoms with E-state index in [-0.39, 0.29) is 6.10 Å². The molecule has 0 saturated carbocycles. The van der Waals surface area contributed by atoms with Gasteiger partial charge >= 0.3 is 0 Å². The van der Waals surface area contributed by atoms with Crippen molar-refractivity contribution in [2.45, 2.75) is 65.3 Å². The summed E-state index contributed by atoms with van der Waals surface area (Å²) >= 11 is 5.96. The topological polar surface area (TPSA) is 41.7 Å². The fourth-order valence-electron chi connectivity index (χ4n) is 5.40. The largest absolute Gasteiger partial charge is 0.376 e. The second-order valence-corrected chi connectivity index (χ2v) is 10.2. The lowest BCUT2D eigenvalue weighted by Gasteiger charge is -2.36. The van der Waals surface area contributed by atoms with E-state index in [9.17, 15) is 0 Å². The van der Waals surface area contributed by atoms with Crippen LogP contribution in [0.5, 0.6) is 0 Å². The van der Waals surface area contributed by atoms with Crippen molar-refractivity contribution < 1.29 is 4.74 Å². The zero-order valence-electron chi connectivity index (χ0n) is 20.2. The van der Waals surface area contributed by atoms with Gasteiger partial charge in [0.25, 0.3) is 0 Å². The van der Waals surface area contributed by atoms with Crippen LogP contribution in [0.3, 0.4) is 0 Å². The first-order valence-corrected chi connectivity index (χ1v) is 13.1. The molecular weight excluding hydrogens is 432 g/mol. The summed E-state index contributed by atoms with van der Waals surface area (Å²) in [5, 5.41) is 5.06. The summed E-state index contributed by atoms with van der Waals surface area (Å²) in [6.45, 7) is 13.2. The normalized spacial score (nSPS) is 22.3. The van der Waals surface area contributed by atoms with Crippen LogP contribution in [0, 0.1) is 18.6 Å². The van der Waals surface area contributed by atoms with E-state index in [0.717, 1.165) is 82.6 Å². The summed E-state index contributed by atoms with van der Waals surface area (Å²) in [6.07, 6.45) is 6.32. The first kappa shape index (κ1) is 22.9. The maximum Gasteiger partial charge on any atom is 0.226 e. The molecule has 3 fully saturated rings. The van der Waals surface area contributed by atoms with Gasteiger partial charge in [0.15, 0.2) is 0 Å². The molecule has 0 N–H and O–H groups in total. The SMILES string of the molecule is Cc1cccc(N2CCN(Cn3nc(N4CCCCC4)n(CC4CCCO4)c3=S)CC2)c1C. The summed E-state index contributed by atoms with van der Waals surface area (Å²) in [5.41, 5.74) is 4.13. The number of hydrogen-bond donors (Lipinski definition) is 0. The average Bonchev–Trinajstić information content (AvgIpc) is 3.46. The fourth-order valence-corrected chi connectivity index (χ4v) is 5.65. The molecule has 1 aromatic heterocycles. The molecule has 0 spiro atoms. The standard InChI is InChI=1S/C25H38N6OS/c1-20-8-6-10-23(21(20)2)28-15-13-27(14-16-28)19-31-25(33)30(18-22-9-7-17-32-22)24(26-31)29-11-4-3-5-12-29/h6,8,10,22H,3-5,7,9,11-19H2,1-2H3. The van der Waals surface area contributed by atoms with Gasteiger partial charge in [-0.25, -0.2) is 4.68 Å². The molecule has 1 atom stereocenters. The summed E-state index contributed by atoms with van der Waals surface area (Å²) in [7, 11) is 0. The van der Waals surface area contributed by atoms with Crippen molar-refractivity contribution in [1.82, 2.24) is 19.2 Å². The minimum absolute atomic E-state index is 0.263.